The number of fused-ring (bicyclic) bond motifs is 1. The summed E-state index contributed by atoms with van der Waals surface area (Å²) in [6.45, 7) is 10.7. The molecule has 0 radical (unpaired) electrons. The number of anilines is 1. The Bertz CT molecular complexity index is 1230. The average Bonchev–Trinajstić information content (AvgIpc) is 3.37. The van der Waals surface area contributed by atoms with Crippen molar-refractivity contribution >= 4 is 50.0 Å². The Morgan fingerprint density at radius 3 is 2.19 bits per heavy atom. The minimum atomic E-state index is -4.08. The van der Waals surface area contributed by atoms with Crippen molar-refractivity contribution in [2.24, 2.45) is 0 Å². The van der Waals surface area contributed by atoms with Gasteiger partial charge in [-0.15, -0.1) is 0 Å². The lowest BCUT2D eigenvalue weighted by atomic mass is 10.2. The number of carbonyl (C=O) groups is 1. The van der Waals surface area contributed by atoms with Crippen molar-refractivity contribution in [2.75, 3.05) is 36.8 Å². The Morgan fingerprint density at radius 1 is 0.973 bits per heavy atom. The van der Waals surface area contributed by atoms with Crippen LogP contribution in [0.5, 0.6) is 5.75 Å². The van der Waals surface area contributed by atoms with Crippen LogP contribution in [0.2, 0.25) is 0 Å². The highest BCUT2D eigenvalue weighted by atomic mass is 32.2. The largest absolute Gasteiger partial charge is 0.437 e. The van der Waals surface area contributed by atoms with Gasteiger partial charge in [0.05, 0.1) is 18.0 Å². The molecule has 0 spiro atoms. The van der Waals surface area contributed by atoms with Gasteiger partial charge in [-0.2, -0.15) is 8.42 Å². The number of carbonyl (C=O) groups excluding carboxylic acids is 1. The van der Waals surface area contributed by atoms with Gasteiger partial charge in [-0.3, -0.25) is 14.2 Å². The summed E-state index contributed by atoms with van der Waals surface area (Å²) < 4.78 is 37.7. The number of benzene rings is 2. The van der Waals surface area contributed by atoms with Gasteiger partial charge in [-0.25, -0.2) is 0 Å². The van der Waals surface area contributed by atoms with Crippen molar-refractivity contribution in [1.82, 2.24) is 9.80 Å². The first-order valence-corrected chi connectivity index (χ1v) is 15.1. The summed E-state index contributed by atoms with van der Waals surface area (Å²) in [4.78, 5) is 19.2. The summed E-state index contributed by atoms with van der Waals surface area (Å²) in [6.07, 6.45) is 0.171. The predicted octanol–water partition coefficient (Wildman–Crippen LogP) is 4.74. The second-order valence-corrected chi connectivity index (χ2v) is 11.6. The van der Waals surface area contributed by atoms with Crippen LogP contribution in [-0.4, -0.2) is 64.9 Å². The molecule has 0 atom stereocenters. The van der Waals surface area contributed by atoms with E-state index in [1.165, 1.54) is 24.5 Å². The number of para-hydroxylation sites is 2. The molecule has 37 heavy (non-hydrogen) atoms. The normalized spacial score (nSPS) is 17.1. The first kappa shape index (κ1) is 29.1. The summed E-state index contributed by atoms with van der Waals surface area (Å²) in [5, 5.41) is 0. The molecule has 2 aromatic rings. The molecular weight excluding hydrogens is 531 g/mol. The summed E-state index contributed by atoms with van der Waals surface area (Å²) in [7, 11) is -4.08. The quantitative estimate of drug-likeness (QED) is 0.264. The van der Waals surface area contributed by atoms with E-state index in [0.717, 1.165) is 23.0 Å². The first-order valence-electron chi connectivity index (χ1n) is 12.2. The number of amides is 1. The van der Waals surface area contributed by atoms with Crippen molar-refractivity contribution in [1.29, 1.82) is 0 Å². The molecular formula is C26H33N3O5S3. The molecule has 0 saturated carbocycles. The lowest BCUT2D eigenvalue weighted by molar-refractivity contribution is -0.122. The van der Waals surface area contributed by atoms with E-state index in [9.17, 15) is 13.2 Å². The SMILES string of the molecule is CCN(CC)CC.O=C1/C(=C2\Oc3ccccc3N2CCCS(=O)(=O)O)SC(=S)N1Cc1ccccc1. The zero-order valence-electron chi connectivity index (χ0n) is 21.3. The van der Waals surface area contributed by atoms with Crippen LogP contribution in [0.25, 0.3) is 0 Å². The van der Waals surface area contributed by atoms with Crippen molar-refractivity contribution in [2.45, 2.75) is 33.7 Å². The van der Waals surface area contributed by atoms with Crippen molar-refractivity contribution < 1.29 is 22.5 Å². The number of hydrogen-bond acceptors (Lipinski definition) is 8. The van der Waals surface area contributed by atoms with Gasteiger partial charge < -0.3 is 14.5 Å². The molecule has 1 saturated heterocycles. The topological polar surface area (TPSA) is 90.4 Å². The van der Waals surface area contributed by atoms with Crippen molar-refractivity contribution in [3.63, 3.8) is 0 Å². The van der Waals surface area contributed by atoms with Gasteiger partial charge in [-0.05, 0) is 55.5 Å². The molecule has 0 aliphatic carbocycles. The van der Waals surface area contributed by atoms with Crippen LogP contribution >= 0.6 is 24.0 Å². The van der Waals surface area contributed by atoms with E-state index in [-0.39, 0.29) is 24.6 Å². The molecule has 2 aliphatic rings. The molecule has 0 aromatic heterocycles. The van der Waals surface area contributed by atoms with E-state index in [2.05, 4.69) is 25.7 Å². The second kappa shape index (κ2) is 13.4. The van der Waals surface area contributed by atoms with E-state index in [1.54, 1.807) is 11.0 Å². The van der Waals surface area contributed by atoms with Crippen LogP contribution in [0, 0.1) is 0 Å². The third kappa shape index (κ3) is 7.78. The smallest absolute Gasteiger partial charge is 0.271 e. The Morgan fingerprint density at radius 2 is 1.59 bits per heavy atom. The standard InChI is InChI=1S/C20H18N2O5S3.C6H15N/c23-18-17(29-20(28)22(18)13-14-7-2-1-3-8-14)19-21(11-6-12-30(24,25)26)15-9-4-5-10-16(15)27-19;1-4-7(5-2)6-3/h1-5,7-10H,6,11-13H2,(H,24,25,26);4-6H2,1-3H3/b19-17+;. The fourth-order valence-corrected chi connectivity index (χ4v) is 5.69. The molecule has 1 N–H and O–H groups in total. The Hall–Kier alpha value is -2.44. The molecule has 1 amide bonds. The number of thiocarbonyl (C=S) groups is 1. The van der Waals surface area contributed by atoms with Crippen molar-refractivity contribution in [3.05, 3.63) is 70.9 Å². The fraction of sp³-hybridized carbons (Fsp3) is 0.385. The van der Waals surface area contributed by atoms with Crippen LogP contribution in [-0.2, 0) is 21.5 Å². The molecule has 4 rings (SSSR count). The third-order valence-electron chi connectivity index (χ3n) is 5.96. The number of ether oxygens (including phenoxy) is 1. The lowest BCUT2D eigenvalue weighted by Crippen LogP contribution is -2.30. The second-order valence-electron chi connectivity index (χ2n) is 8.36. The van der Waals surface area contributed by atoms with Gasteiger partial charge in [0.25, 0.3) is 16.0 Å². The Labute approximate surface area is 229 Å². The lowest BCUT2D eigenvalue weighted by Gasteiger charge is -2.19. The molecule has 8 nitrogen and oxygen atoms in total. The minimum Gasteiger partial charge on any atom is -0.437 e. The van der Waals surface area contributed by atoms with Crippen LogP contribution in [0.4, 0.5) is 5.69 Å². The maximum Gasteiger partial charge on any atom is 0.271 e. The Kier molecular flexibility index (Phi) is 10.5. The van der Waals surface area contributed by atoms with E-state index < -0.39 is 10.1 Å². The molecule has 0 bridgehead atoms. The third-order valence-corrected chi connectivity index (χ3v) is 8.18. The van der Waals surface area contributed by atoms with Gasteiger partial charge in [0.15, 0.2) is 5.75 Å². The number of rotatable bonds is 9. The summed E-state index contributed by atoms with van der Waals surface area (Å²) in [6, 6.07) is 16.8. The van der Waals surface area contributed by atoms with Gasteiger partial charge in [0.2, 0.25) is 5.88 Å². The van der Waals surface area contributed by atoms with E-state index in [4.69, 9.17) is 21.5 Å². The molecule has 0 unspecified atom stereocenters. The summed E-state index contributed by atoms with van der Waals surface area (Å²) in [5.74, 6) is 0.275. The summed E-state index contributed by atoms with van der Waals surface area (Å²) >= 11 is 6.60. The van der Waals surface area contributed by atoms with Crippen LogP contribution < -0.4 is 9.64 Å². The van der Waals surface area contributed by atoms with Crippen LogP contribution in [0.1, 0.15) is 32.8 Å². The van der Waals surface area contributed by atoms with Gasteiger partial charge in [0, 0.05) is 6.54 Å². The van der Waals surface area contributed by atoms with E-state index in [0.29, 0.717) is 27.4 Å². The molecule has 1 fully saturated rings. The monoisotopic (exact) mass is 563 g/mol. The zero-order valence-corrected chi connectivity index (χ0v) is 23.7. The molecule has 2 aromatic carbocycles. The average molecular weight is 564 g/mol. The van der Waals surface area contributed by atoms with Crippen LogP contribution in [0.3, 0.4) is 0 Å². The molecule has 11 heteroatoms. The number of nitrogens with zero attached hydrogens (tertiary/aromatic N) is 3. The van der Waals surface area contributed by atoms with Gasteiger partial charge >= 0.3 is 0 Å². The Balaban J connectivity index is 0.000000479. The predicted molar refractivity (Wildman–Crippen MR) is 153 cm³/mol. The maximum atomic E-state index is 13.2. The first-order chi connectivity index (χ1) is 17.7. The zero-order chi connectivity index (χ0) is 27.0. The van der Waals surface area contributed by atoms with Crippen molar-refractivity contribution in [3.8, 4) is 5.75 Å². The van der Waals surface area contributed by atoms with E-state index in [1.807, 2.05) is 48.5 Å². The fourth-order valence-electron chi connectivity index (χ4n) is 3.93. The molecule has 200 valence electrons. The van der Waals surface area contributed by atoms with Gasteiger partial charge in [0.1, 0.15) is 9.23 Å². The van der Waals surface area contributed by atoms with Crippen LogP contribution in [0.15, 0.2) is 65.4 Å². The highest BCUT2D eigenvalue weighted by molar-refractivity contribution is 8.26. The van der Waals surface area contributed by atoms with Gasteiger partial charge in [-0.1, -0.05) is 75.5 Å². The number of thioether (sulfide) groups is 1. The molecule has 2 heterocycles. The minimum absolute atomic E-state index is 0.171. The molecule has 2 aliphatic heterocycles. The maximum absolute atomic E-state index is 13.2. The summed E-state index contributed by atoms with van der Waals surface area (Å²) in [5.41, 5.74) is 1.69. The highest BCUT2D eigenvalue weighted by Crippen LogP contribution is 2.44. The van der Waals surface area contributed by atoms with E-state index >= 15 is 0 Å². The highest BCUT2D eigenvalue weighted by Gasteiger charge is 2.40. The number of hydrogen-bond donors (Lipinski definition) is 1.